The van der Waals surface area contributed by atoms with Gasteiger partial charge in [0.25, 0.3) is 5.91 Å². The minimum absolute atomic E-state index is 0.118. The standard InChI is InChI=1S/C17H17BN4O/c1-11-6-5-9-13(15(11)18)19-17(23)16-20-14(21-22-16)10-12-7-3-2-4-8-12/h2-3,5-7,9H,4,8,10H2,1H3,(H,19,23)(H,20,21,22). The number of nitrogens with one attached hydrogen (secondary N) is 2. The summed E-state index contributed by atoms with van der Waals surface area (Å²) in [5.74, 6) is 0.434. The van der Waals surface area contributed by atoms with Gasteiger partial charge in [-0.2, -0.15) is 0 Å². The van der Waals surface area contributed by atoms with Crippen LogP contribution in [0.25, 0.3) is 0 Å². The fourth-order valence-electron chi connectivity index (χ4n) is 2.46. The van der Waals surface area contributed by atoms with Crippen LogP contribution in [0.1, 0.15) is 34.8 Å². The summed E-state index contributed by atoms with van der Waals surface area (Å²) in [6.45, 7) is 1.89. The summed E-state index contributed by atoms with van der Waals surface area (Å²) in [7, 11) is 5.96. The number of benzene rings is 1. The Hall–Kier alpha value is -2.63. The Morgan fingerprint density at radius 2 is 2.30 bits per heavy atom. The molecule has 0 aliphatic heterocycles. The summed E-state index contributed by atoms with van der Waals surface area (Å²) in [5, 5.41) is 9.57. The van der Waals surface area contributed by atoms with Crippen molar-refractivity contribution in [1.29, 1.82) is 0 Å². The molecule has 1 aliphatic carbocycles. The summed E-state index contributed by atoms with van der Waals surface area (Å²) >= 11 is 0. The van der Waals surface area contributed by atoms with Gasteiger partial charge in [-0.3, -0.25) is 9.89 Å². The molecule has 1 amide bonds. The van der Waals surface area contributed by atoms with E-state index in [1.165, 1.54) is 5.57 Å². The highest BCUT2D eigenvalue weighted by Crippen LogP contribution is 2.15. The number of hydrogen-bond acceptors (Lipinski definition) is 3. The molecule has 0 saturated carbocycles. The van der Waals surface area contributed by atoms with Crippen molar-refractivity contribution in [3.05, 3.63) is 59.2 Å². The van der Waals surface area contributed by atoms with E-state index in [0.29, 0.717) is 23.4 Å². The zero-order valence-electron chi connectivity index (χ0n) is 13.0. The predicted octanol–water partition coefficient (Wildman–Crippen LogP) is 1.98. The molecule has 5 nitrogen and oxygen atoms in total. The molecule has 1 aromatic heterocycles. The van der Waals surface area contributed by atoms with Crippen LogP contribution in [0, 0.1) is 6.92 Å². The van der Waals surface area contributed by atoms with Gasteiger partial charge in [0.2, 0.25) is 5.82 Å². The van der Waals surface area contributed by atoms with Crippen molar-refractivity contribution in [2.75, 3.05) is 5.32 Å². The number of aromatic amines is 1. The predicted molar refractivity (Wildman–Crippen MR) is 91.1 cm³/mol. The molecule has 6 heteroatoms. The number of carbonyl (C=O) groups excluding carboxylic acids is 1. The zero-order chi connectivity index (χ0) is 16.2. The molecular weight excluding hydrogens is 287 g/mol. The Morgan fingerprint density at radius 1 is 1.43 bits per heavy atom. The molecule has 0 saturated heterocycles. The third kappa shape index (κ3) is 3.59. The molecule has 3 rings (SSSR count). The van der Waals surface area contributed by atoms with Gasteiger partial charge >= 0.3 is 0 Å². The van der Waals surface area contributed by atoms with Gasteiger partial charge in [0.05, 0.1) is 0 Å². The monoisotopic (exact) mass is 304 g/mol. The molecule has 0 fully saturated rings. The summed E-state index contributed by atoms with van der Waals surface area (Å²) in [6.07, 6.45) is 8.99. The van der Waals surface area contributed by atoms with Crippen LogP contribution in [0.5, 0.6) is 0 Å². The van der Waals surface area contributed by atoms with E-state index in [1.807, 2.05) is 25.1 Å². The molecule has 0 spiro atoms. The van der Waals surface area contributed by atoms with Gasteiger partial charge in [0.15, 0.2) is 0 Å². The third-order valence-electron chi connectivity index (χ3n) is 3.80. The Kier molecular flexibility index (Phi) is 4.41. The van der Waals surface area contributed by atoms with E-state index >= 15 is 0 Å². The normalized spacial score (nSPS) is 13.7. The number of carbonyl (C=O) groups is 1. The second kappa shape index (κ2) is 6.65. The lowest BCUT2D eigenvalue weighted by atomic mass is 9.89. The van der Waals surface area contributed by atoms with Crippen LogP contribution in [0.2, 0.25) is 0 Å². The van der Waals surface area contributed by atoms with Crippen molar-refractivity contribution < 1.29 is 4.79 Å². The number of nitrogens with zero attached hydrogens (tertiary/aromatic N) is 2. The van der Waals surface area contributed by atoms with E-state index in [4.69, 9.17) is 7.85 Å². The van der Waals surface area contributed by atoms with Crippen LogP contribution >= 0.6 is 0 Å². The van der Waals surface area contributed by atoms with E-state index in [1.54, 1.807) is 6.07 Å². The molecule has 0 unspecified atom stereocenters. The topological polar surface area (TPSA) is 70.7 Å². The minimum Gasteiger partial charge on any atom is -0.320 e. The quantitative estimate of drug-likeness (QED) is 0.849. The maximum Gasteiger partial charge on any atom is 0.295 e. The number of amides is 1. The maximum atomic E-state index is 12.2. The van der Waals surface area contributed by atoms with Crippen molar-refractivity contribution >= 4 is 24.9 Å². The maximum absolute atomic E-state index is 12.2. The smallest absolute Gasteiger partial charge is 0.295 e. The Morgan fingerprint density at radius 3 is 3.09 bits per heavy atom. The molecule has 1 aliphatic rings. The average Bonchev–Trinajstić information content (AvgIpc) is 3.01. The van der Waals surface area contributed by atoms with Crippen LogP contribution in [0.4, 0.5) is 5.69 Å². The van der Waals surface area contributed by atoms with Crippen molar-refractivity contribution in [2.24, 2.45) is 0 Å². The second-order valence-corrected chi connectivity index (χ2v) is 5.56. The highest BCUT2D eigenvalue weighted by atomic mass is 16.2. The van der Waals surface area contributed by atoms with Gasteiger partial charge in [-0.1, -0.05) is 47.0 Å². The van der Waals surface area contributed by atoms with E-state index in [-0.39, 0.29) is 11.7 Å². The Bertz CT molecular complexity index is 792. The minimum atomic E-state index is -0.373. The number of hydrogen-bond donors (Lipinski definition) is 2. The first-order valence-corrected chi connectivity index (χ1v) is 7.56. The highest BCUT2D eigenvalue weighted by Gasteiger charge is 2.14. The van der Waals surface area contributed by atoms with Gasteiger partial charge in [0, 0.05) is 12.1 Å². The molecule has 2 N–H and O–H groups in total. The second-order valence-electron chi connectivity index (χ2n) is 5.56. The van der Waals surface area contributed by atoms with Gasteiger partial charge in [-0.25, -0.2) is 4.98 Å². The average molecular weight is 304 g/mol. The highest BCUT2D eigenvalue weighted by molar-refractivity contribution is 6.37. The molecule has 2 radical (unpaired) electrons. The molecule has 1 heterocycles. The summed E-state index contributed by atoms with van der Waals surface area (Å²) in [5.41, 5.74) is 3.31. The Balaban J connectivity index is 1.70. The van der Waals surface area contributed by atoms with Crippen molar-refractivity contribution in [3.8, 4) is 0 Å². The van der Waals surface area contributed by atoms with Crippen LogP contribution in [0.3, 0.4) is 0 Å². The first kappa shape index (κ1) is 15.3. The molecule has 0 atom stereocenters. The van der Waals surface area contributed by atoms with Crippen LogP contribution in [0.15, 0.2) is 42.0 Å². The lowest BCUT2D eigenvalue weighted by molar-refractivity contribution is 0.101. The Labute approximate surface area is 136 Å². The van der Waals surface area contributed by atoms with Gasteiger partial charge in [0.1, 0.15) is 13.7 Å². The molecule has 2 aromatic rings. The van der Waals surface area contributed by atoms with Crippen LogP contribution in [-0.2, 0) is 6.42 Å². The van der Waals surface area contributed by atoms with Crippen LogP contribution < -0.4 is 10.8 Å². The van der Waals surface area contributed by atoms with Crippen molar-refractivity contribution in [3.63, 3.8) is 0 Å². The third-order valence-corrected chi connectivity index (χ3v) is 3.80. The summed E-state index contributed by atoms with van der Waals surface area (Å²) in [4.78, 5) is 16.5. The molecular formula is C17H17BN4O. The van der Waals surface area contributed by atoms with Gasteiger partial charge in [-0.05, 0) is 25.8 Å². The molecule has 1 aromatic carbocycles. The van der Waals surface area contributed by atoms with E-state index in [9.17, 15) is 4.79 Å². The molecule has 0 bridgehead atoms. The number of anilines is 1. The SMILES string of the molecule is [B]c1c(C)cccc1NC(=O)c1n[nH]c(CC2=CC=CCC2)n1. The van der Waals surface area contributed by atoms with Crippen molar-refractivity contribution in [2.45, 2.75) is 26.2 Å². The molecule has 114 valence electrons. The van der Waals surface area contributed by atoms with Gasteiger partial charge in [-0.15, -0.1) is 5.10 Å². The summed E-state index contributed by atoms with van der Waals surface area (Å²) in [6, 6.07) is 5.49. The number of allylic oxidation sites excluding steroid dienone is 4. The fraction of sp³-hybridized carbons (Fsp3) is 0.235. The van der Waals surface area contributed by atoms with Gasteiger partial charge < -0.3 is 5.32 Å². The van der Waals surface area contributed by atoms with E-state index in [0.717, 1.165) is 18.4 Å². The first-order valence-electron chi connectivity index (χ1n) is 7.56. The first-order chi connectivity index (χ1) is 11.1. The van der Waals surface area contributed by atoms with Crippen LogP contribution in [-0.4, -0.2) is 28.9 Å². The van der Waals surface area contributed by atoms with Crippen molar-refractivity contribution in [1.82, 2.24) is 15.2 Å². The lowest BCUT2D eigenvalue weighted by Gasteiger charge is -2.09. The van der Waals surface area contributed by atoms with E-state index in [2.05, 4.69) is 32.7 Å². The number of H-pyrrole nitrogens is 1. The lowest BCUT2D eigenvalue weighted by Crippen LogP contribution is -2.21. The largest absolute Gasteiger partial charge is 0.320 e. The summed E-state index contributed by atoms with van der Waals surface area (Å²) < 4.78 is 0. The fourth-order valence-corrected chi connectivity index (χ4v) is 2.46. The number of rotatable bonds is 4. The molecule has 23 heavy (non-hydrogen) atoms. The zero-order valence-corrected chi connectivity index (χ0v) is 13.0. The van der Waals surface area contributed by atoms with E-state index < -0.39 is 0 Å². The number of aryl methyl sites for hydroxylation is 1. The number of aromatic nitrogens is 3.